The van der Waals surface area contributed by atoms with Crippen LogP contribution in [0.25, 0.3) is 0 Å². The second-order valence-electron chi connectivity index (χ2n) is 6.06. The Morgan fingerprint density at radius 1 is 1.24 bits per heavy atom. The van der Waals surface area contributed by atoms with Crippen LogP contribution in [-0.2, 0) is 21.2 Å². The Balaban J connectivity index is 1.56. The fraction of sp³-hybridized carbons (Fsp3) is 0.333. The van der Waals surface area contributed by atoms with E-state index in [1.165, 1.54) is 4.31 Å². The summed E-state index contributed by atoms with van der Waals surface area (Å²) < 4.78 is 25.4. The summed E-state index contributed by atoms with van der Waals surface area (Å²) in [5.74, 6) is 0.100. The Labute approximate surface area is 147 Å². The molecule has 1 aromatic heterocycles. The van der Waals surface area contributed by atoms with Gasteiger partial charge in [0.15, 0.2) is 0 Å². The van der Waals surface area contributed by atoms with Crippen molar-refractivity contribution in [1.82, 2.24) is 4.98 Å². The van der Waals surface area contributed by atoms with Crippen LogP contribution in [0, 0.1) is 0 Å². The van der Waals surface area contributed by atoms with Crippen molar-refractivity contribution in [2.45, 2.75) is 25.7 Å². The fourth-order valence-corrected chi connectivity index (χ4v) is 4.45. The third-order valence-electron chi connectivity index (χ3n) is 4.11. The second kappa shape index (κ2) is 7.65. The maximum atomic E-state index is 12.1. The zero-order valence-electron chi connectivity index (χ0n) is 13.9. The number of pyridine rings is 1. The molecule has 1 aliphatic heterocycles. The highest BCUT2D eigenvalue weighted by atomic mass is 32.2. The molecule has 25 heavy (non-hydrogen) atoms. The SMILES string of the molecule is O=C(CCCc1cccnc1)Nc1cccc(N2CCCS2(=O)=O)c1. The largest absolute Gasteiger partial charge is 0.326 e. The molecule has 7 heteroatoms. The van der Waals surface area contributed by atoms with Crippen LogP contribution in [0.4, 0.5) is 11.4 Å². The van der Waals surface area contributed by atoms with E-state index < -0.39 is 10.0 Å². The molecule has 0 bridgehead atoms. The summed E-state index contributed by atoms with van der Waals surface area (Å²) in [6.45, 7) is 0.491. The van der Waals surface area contributed by atoms with Crippen molar-refractivity contribution in [3.8, 4) is 0 Å². The monoisotopic (exact) mass is 359 g/mol. The molecule has 1 amide bonds. The minimum atomic E-state index is -3.22. The standard InChI is InChI=1S/C18H21N3O3S/c22-18(9-1-5-15-6-3-10-19-14-15)20-16-7-2-8-17(13-16)21-11-4-12-25(21,23)24/h2-3,6-8,10,13-14H,1,4-5,9,11-12H2,(H,20,22). The lowest BCUT2D eigenvalue weighted by Gasteiger charge is -2.17. The number of nitrogens with zero attached hydrogens (tertiary/aromatic N) is 2. The number of nitrogens with one attached hydrogen (secondary N) is 1. The van der Waals surface area contributed by atoms with Gasteiger partial charge >= 0.3 is 0 Å². The van der Waals surface area contributed by atoms with Crippen LogP contribution >= 0.6 is 0 Å². The van der Waals surface area contributed by atoms with Gasteiger partial charge in [-0.3, -0.25) is 14.1 Å². The number of aryl methyl sites for hydroxylation is 1. The summed E-state index contributed by atoms with van der Waals surface area (Å²) in [6.07, 6.45) is 6.10. The summed E-state index contributed by atoms with van der Waals surface area (Å²) >= 11 is 0. The van der Waals surface area contributed by atoms with E-state index in [-0.39, 0.29) is 11.7 Å². The number of amides is 1. The Kier molecular flexibility index (Phi) is 5.33. The summed E-state index contributed by atoms with van der Waals surface area (Å²) in [7, 11) is -3.22. The number of hydrogen-bond acceptors (Lipinski definition) is 4. The van der Waals surface area contributed by atoms with E-state index in [2.05, 4.69) is 10.3 Å². The summed E-state index contributed by atoms with van der Waals surface area (Å²) in [6, 6.07) is 10.9. The first-order chi connectivity index (χ1) is 12.0. The third kappa shape index (κ3) is 4.57. The van der Waals surface area contributed by atoms with Crippen LogP contribution in [0.15, 0.2) is 48.8 Å². The van der Waals surface area contributed by atoms with Gasteiger partial charge in [0.2, 0.25) is 15.9 Å². The highest BCUT2D eigenvalue weighted by molar-refractivity contribution is 7.93. The van der Waals surface area contributed by atoms with Crippen LogP contribution in [0.3, 0.4) is 0 Å². The van der Waals surface area contributed by atoms with E-state index in [1.807, 2.05) is 12.1 Å². The molecule has 3 rings (SSSR count). The molecule has 0 saturated carbocycles. The van der Waals surface area contributed by atoms with Gasteiger partial charge in [-0.2, -0.15) is 0 Å². The maximum Gasteiger partial charge on any atom is 0.235 e. The topological polar surface area (TPSA) is 79.4 Å². The number of carbonyl (C=O) groups is 1. The summed E-state index contributed by atoms with van der Waals surface area (Å²) in [4.78, 5) is 16.2. The van der Waals surface area contributed by atoms with E-state index in [9.17, 15) is 13.2 Å². The highest BCUT2D eigenvalue weighted by Crippen LogP contribution is 2.26. The van der Waals surface area contributed by atoms with E-state index >= 15 is 0 Å². The first-order valence-corrected chi connectivity index (χ1v) is 9.95. The van der Waals surface area contributed by atoms with E-state index in [4.69, 9.17) is 0 Å². The minimum absolute atomic E-state index is 0.0784. The van der Waals surface area contributed by atoms with Crippen molar-refractivity contribution < 1.29 is 13.2 Å². The Morgan fingerprint density at radius 2 is 2.12 bits per heavy atom. The Bertz CT molecular complexity index is 838. The quantitative estimate of drug-likeness (QED) is 0.860. The van der Waals surface area contributed by atoms with Gasteiger partial charge in [0, 0.05) is 31.0 Å². The predicted octanol–water partition coefficient (Wildman–Crippen LogP) is 2.58. The molecule has 1 fully saturated rings. The second-order valence-corrected chi connectivity index (χ2v) is 8.07. The van der Waals surface area contributed by atoms with Crippen molar-refractivity contribution in [3.63, 3.8) is 0 Å². The fourth-order valence-electron chi connectivity index (χ4n) is 2.89. The molecular weight excluding hydrogens is 338 g/mol. The zero-order chi connectivity index (χ0) is 17.7. The summed E-state index contributed by atoms with van der Waals surface area (Å²) in [5.41, 5.74) is 2.33. The number of anilines is 2. The number of aromatic nitrogens is 1. The van der Waals surface area contributed by atoms with Gasteiger partial charge in [-0.25, -0.2) is 8.42 Å². The average molecular weight is 359 g/mol. The van der Waals surface area contributed by atoms with Crippen LogP contribution in [0.2, 0.25) is 0 Å². The molecule has 132 valence electrons. The first kappa shape index (κ1) is 17.4. The third-order valence-corrected chi connectivity index (χ3v) is 5.98. The van der Waals surface area contributed by atoms with Crippen LogP contribution in [-0.4, -0.2) is 31.6 Å². The molecule has 0 aliphatic carbocycles. The molecule has 0 unspecified atom stereocenters. The number of benzene rings is 1. The molecule has 2 heterocycles. The van der Waals surface area contributed by atoms with Crippen LogP contribution < -0.4 is 9.62 Å². The molecule has 0 spiro atoms. The first-order valence-electron chi connectivity index (χ1n) is 8.34. The number of carbonyl (C=O) groups excluding carboxylic acids is 1. The van der Waals surface area contributed by atoms with Gasteiger partial charge in [0.1, 0.15) is 0 Å². The highest BCUT2D eigenvalue weighted by Gasteiger charge is 2.28. The van der Waals surface area contributed by atoms with Gasteiger partial charge < -0.3 is 5.32 Å². The van der Waals surface area contributed by atoms with E-state index in [1.54, 1.807) is 36.7 Å². The normalized spacial score (nSPS) is 15.9. The molecule has 1 saturated heterocycles. The molecule has 6 nitrogen and oxygen atoms in total. The van der Waals surface area contributed by atoms with Crippen molar-refractivity contribution in [3.05, 3.63) is 54.4 Å². The number of rotatable bonds is 6. The molecule has 0 radical (unpaired) electrons. The zero-order valence-corrected chi connectivity index (χ0v) is 14.7. The Morgan fingerprint density at radius 3 is 2.84 bits per heavy atom. The van der Waals surface area contributed by atoms with Crippen LogP contribution in [0.5, 0.6) is 0 Å². The van der Waals surface area contributed by atoms with Crippen molar-refractivity contribution >= 4 is 27.3 Å². The lowest BCUT2D eigenvalue weighted by Crippen LogP contribution is -2.25. The smallest absolute Gasteiger partial charge is 0.235 e. The number of hydrogen-bond donors (Lipinski definition) is 1. The Hall–Kier alpha value is -2.41. The van der Waals surface area contributed by atoms with Gasteiger partial charge in [0.25, 0.3) is 0 Å². The molecule has 1 aliphatic rings. The average Bonchev–Trinajstić information content (AvgIpc) is 2.95. The summed E-state index contributed by atoms with van der Waals surface area (Å²) in [5, 5.41) is 2.84. The maximum absolute atomic E-state index is 12.1. The predicted molar refractivity (Wildman–Crippen MR) is 98.0 cm³/mol. The van der Waals surface area contributed by atoms with Crippen molar-refractivity contribution in [1.29, 1.82) is 0 Å². The van der Waals surface area contributed by atoms with Crippen molar-refractivity contribution in [2.24, 2.45) is 0 Å². The van der Waals surface area contributed by atoms with E-state index in [0.717, 1.165) is 18.4 Å². The van der Waals surface area contributed by atoms with E-state index in [0.29, 0.717) is 30.8 Å². The van der Waals surface area contributed by atoms with Crippen LogP contribution in [0.1, 0.15) is 24.8 Å². The van der Waals surface area contributed by atoms with Gasteiger partial charge in [-0.1, -0.05) is 12.1 Å². The molecule has 1 N–H and O–H groups in total. The lowest BCUT2D eigenvalue weighted by molar-refractivity contribution is -0.116. The molecular formula is C18H21N3O3S. The number of sulfonamides is 1. The lowest BCUT2D eigenvalue weighted by atomic mass is 10.1. The van der Waals surface area contributed by atoms with Gasteiger partial charge in [-0.15, -0.1) is 0 Å². The molecule has 1 aromatic carbocycles. The molecule has 0 atom stereocenters. The van der Waals surface area contributed by atoms with Gasteiger partial charge in [0.05, 0.1) is 11.4 Å². The van der Waals surface area contributed by atoms with Crippen molar-refractivity contribution in [2.75, 3.05) is 21.9 Å². The molecule has 2 aromatic rings. The van der Waals surface area contributed by atoms with Gasteiger partial charge in [-0.05, 0) is 49.1 Å². The minimum Gasteiger partial charge on any atom is -0.326 e.